The van der Waals surface area contributed by atoms with Crippen LogP contribution in [0.3, 0.4) is 0 Å². The molecule has 0 spiro atoms. The van der Waals surface area contributed by atoms with Gasteiger partial charge in [0.25, 0.3) is 5.91 Å². The van der Waals surface area contributed by atoms with E-state index in [4.69, 9.17) is 11.6 Å². The monoisotopic (exact) mass is 1020 g/mol. The summed E-state index contributed by atoms with van der Waals surface area (Å²) >= 11 is 6.32. The molecule has 6 fully saturated rings. The lowest BCUT2D eigenvalue weighted by atomic mass is 9.82. The van der Waals surface area contributed by atoms with Gasteiger partial charge in [0.05, 0.1) is 24.3 Å². The molecule has 1 unspecified atom stereocenters. The second-order valence-electron chi connectivity index (χ2n) is 22.6. The van der Waals surface area contributed by atoms with Crippen molar-refractivity contribution in [2.24, 2.45) is 11.8 Å². The molecule has 10 rings (SSSR count). The number of piperidine rings is 3. The number of carbonyl (C=O) groups is 4. The van der Waals surface area contributed by atoms with Crippen molar-refractivity contribution in [1.82, 2.24) is 45.5 Å². The highest BCUT2D eigenvalue weighted by Crippen LogP contribution is 2.43. The number of anilines is 1. The SMILES string of the molecule is C[C@@H]1C[C@@H](O)c2ncnc(N3CCN(C(=O)[C@H](CNC4CCN(CC5CCN(C(=O)[C@H](NC(=O)c6cccc(C7CCCN(C(=O)CNC8CC8)C7)c6)C6CCCCC6)CC5)CC4)c4ccc(Cl)cc4)CC3)c21. The number of amides is 4. The molecule has 4 amide bonds. The molecule has 0 bridgehead atoms. The van der Waals surface area contributed by atoms with Crippen molar-refractivity contribution in [3.63, 3.8) is 0 Å². The number of likely N-dealkylation sites (tertiary alicyclic amines) is 3. The normalized spacial score (nSPS) is 24.6. The average Bonchev–Trinajstić information content (AvgIpc) is 4.22. The lowest BCUT2D eigenvalue weighted by Crippen LogP contribution is -2.54. The summed E-state index contributed by atoms with van der Waals surface area (Å²) in [6.45, 7) is 11.5. The lowest BCUT2D eigenvalue weighted by molar-refractivity contribution is -0.136. The number of hydrogen-bond acceptors (Lipinski definition) is 11. The number of rotatable bonds is 16. The van der Waals surface area contributed by atoms with Gasteiger partial charge in [-0.05, 0) is 137 Å². The fraction of sp³-hybridized carbons (Fsp3) is 0.649. The van der Waals surface area contributed by atoms with Gasteiger partial charge < -0.3 is 45.6 Å². The van der Waals surface area contributed by atoms with Crippen LogP contribution in [-0.4, -0.2) is 162 Å². The number of aliphatic hydroxyl groups excluding tert-OH is 1. The first kappa shape index (κ1) is 51.8. The highest BCUT2D eigenvalue weighted by Gasteiger charge is 2.38. The van der Waals surface area contributed by atoms with E-state index < -0.39 is 12.1 Å². The molecule has 4 aliphatic heterocycles. The van der Waals surface area contributed by atoms with Crippen molar-refractivity contribution in [1.29, 1.82) is 0 Å². The quantitative estimate of drug-likeness (QED) is 0.129. The maximum atomic E-state index is 14.5. The summed E-state index contributed by atoms with van der Waals surface area (Å²) in [4.78, 5) is 75.8. The van der Waals surface area contributed by atoms with Crippen LogP contribution in [0.25, 0.3) is 0 Å². The molecule has 1 aromatic heterocycles. The largest absolute Gasteiger partial charge is 0.387 e. The number of halogens is 1. The van der Waals surface area contributed by atoms with Gasteiger partial charge in [0.15, 0.2) is 0 Å². The van der Waals surface area contributed by atoms with Crippen LogP contribution in [0.4, 0.5) is 5.82 Å². The third kappa shape index (κ3) is 12.7. The van der Waals surface area contributed by atoms with Crippen molar-refractivity contribution >= 4 is 41.0 Å². The minimum atomic E-state index is -0.555. The molecule has 5 heterocycles. The Kier molecular flexibility index (Phi) is 17.0. The Balaban J connectivity index is 0.686. The summed E-state index contributed by atoms with van der Waals surface area (Å²) in [7, 11) is 0. The van der Waals surface area contributed by atoms with Crippen molar-refractivity contribution in [3.05, 3.63) is 87.8 Å². The number of benzene rings is 2. The first-order valence-electron chi connectivity index (χ1n) is 28.0. The molecule has 3 aliphatic carbocycles. The van der Waals surface area contributed by atoms with E-state index in [1.807, 2.05) is 57.2 Å². The average molecular weight is 1020 g/mol. The van der Waals surface area contributed by atoms with Crippen LogP contribution in [-0.2, 0) is 14.4 Å². The van der Waals surface area contributed by atoms with Gasteiger partial charge >= 0.3 is 0 Å². The Morgan fingerprint density at radius 1 is 0.740 bits per heavy atom. The Morgan fingerprint density at radius 2 is 1.47 bits per heavy atom. The molecule has 16 heteroatoms. The van der Waals surface area contributed by atoms with Crippen molar-refractivity contribution < 1.29 is 24.3 Å². The third-order valence-electron chi connectivity index (χ3n) is 17.6. The van der Waals surface area contributed by atoms with Crippen LogP contribution in [0.15, 0.2) is 54.9 Å². The highest BCUT2D eigenvalue weighted by molar-refractivity contribution is 6.30. The summed E-state index contributed by atoms with van der Waals surface area (Å²) in [5.74, 6) is 1.74. The van der Waals surface area contributed by atoms with E-state index in [2.05, 4.69) is 48.7 Å². The lowest BCUT2D eigenvalue weighted by Gasteiger charge is -2.40. The molecule has 2 saturated carbocycles. The van der Waals surface area contributed by atoms with Crippen molar-refractivity contribution in [2.45, 2.75) is 139 Å². The first-order chi connectivity index (χ1) is 35.5. The minimum Gasteiger partial charge on any atom is -0.387 e. The second kappa shape index (κ2) is 23.9. The number of piperazine rings is 1. The van der Waals surface area contributed by atoms with E-state index in [1.54, 1.807) is 6.33 Å². The number of hydrogen-bond donors (Lipinski definition) is 4. The molecule has 3 aromatic rings. The molecule has 15 nitrogen and oxygen atoms in total. The Hall–Kier alpha value is -4.67. The Bertz CT molecular complexity index is 2370. The Morgan fingerprint density at radius 3 is 2.21 bits per heavy atom. The van der Waals surface area contributed by atoms with Gasteiger partial charge in [-0.25, -0.2) is 9.97 Å². The van der Waals surface area contributed by atoms with Crippen molar-refractivity contribution in [3.8, 4) is 0 Å². The predicted molar refractivity (Wildman–Crippen MR) is 284 cm³/mol. The molecular weight excluding hydrogens is 940 g/mol. The zero-order chi connectivity index (χ0) is 50.4. The van der Waals surface area contributed by atoms with E-state index in [-0.39, 0.29) is 47.3 Å². The Labute approximate surface area is 437 Å². The van der Waals surface area contributed by atoms with Gasteiger partial charge in [-0.1, -0.05) is 62.1 Å². The summed E-state index contributed by atoms with van der Waals surface area (Å²) in [5.41, 5.74) is 4.41. The fourth-order valence-corrected chi connectivity index (χ4v) is 13.1. The summed E-state index contributed by atoms with van der Waals surface area (Å²) in [6.07, 6.45) is 15.1. The second-order valence-corrected chi connectivity index (χ2v) is 23.1. The standard InChI is InChI=1S/C57H79ClN10O5/c1-38-31-49(69)53-51(38)54(62-37-61-53)65-27-29-67(30-28-65)56(72)48(40-12-14-45(58)15-13-40)33-59-47-20-23-64(24-21-47)35-39-18-25-66(26-19-39)57(73)52(41-7-3-2-4-8-41)63-55(71)43-10-5-9-42(32-43)44-11-6-22-68(36-44)50(70)34-60-46-16-17-46/h5,9-10,12-15,32,37-39,41,44,46-49,52,59-60,69H,2-4,6-8,11,16-31,33-36H2,1H3,(H,63,71)/t38-,44?,48-,49-,52-/m1/s1. The third-order valence-corrected chi connectivity index (χ3v) is 17.8. The van der Waals surface area contributed by atoms with E-state index in [1.165, 1.54) is 6.42 Å². The first-order valence-corrected chi connectivity index (χ1v) is 28.4. The number of carbonyl (C=O) groups excluding carboxylic acids is 4. The summed E-state index contributed by atoms with van der Waals surface area (Å²) in [5, 5.41) is 21.7. The van der Waals surface area contributed by atoms with Crippen LogP contribution in [0.5, 0.6) is 0 Å². The van der Waals surface area contributed by atoms with Gasteiger partial charge in [-0.2, -0.15) is 0 Å². The highest BCUT2D eigenvalue weighted by atomic mass is 35.5. The van der Waals surface area contributed by atoms with Crippen LogP contribution in [0.1, 0.15) is 153 Å². The summed E-state index contributed by atoms with van der Waals surface area (Å²) in [6, 6.07) is 15.9. The van der Waals surface area contributed by atoms with Crippen molar-refractivity contribution in [2.75, 3.05) is 90.0 Å². The molecule has 73 heavy (non-hydrogen) atoms. The topological polar surface area (TPSA) is 167 Å². The molecule has 7 aliphatic rings. The zero-order valence-electron chi connectivity index (χ0n) is 43.1. The van der Waals surface area contributed by atoms with E-state index in [0.29, 0.717) is 93.9 Å². The number of aromatic nitrogens is 2. The predicted octanol–water partition coefficient (Wildman–Crippen LogP) is 6.23. The van der Waals surface area contributed by atoms with Crippen LogP contribution < -0.4 is 20.9 Å². The number of aliphatic hydroxyl groups is 1. The van der Waals surface area contributed by atoms with E-state index >= 15 is 0 Å². The smallest absolute Gasteiger partial charge is 0.251 e. The molecule has 4 N–H and O–H groups in total. The van der Waals surface area contributed by atoms with Gasteiger partial charge in [0.2, 0.25) is 17.7 Å². The molecule has 394 valence electrons. The summed E-state index contributed by atoms with van der Waals surface area (Å²) < 4.78 is 0. The number of nitrogens with zero attached hydrogens (tertiary/aromatic N) is 7. The fourth-order valence-electron chi connectivity index (χ4n) is 13.0. The number of fused-ring (bicyclic) bond motifs is 1. The molecule has 5 atom stereocenters. The number of nitrogens with one attached hydrogen (secondary N) is 3. The molecular formula is C57H79ClN10O5. The maximum Gasteiger partial charge on any atom is 0.251 e. The van der Waals surface area contributed by atoms with Crippen LogP contribution in [0.2, 0.25) is 5.02 Å². The van der Waals surface area contributed by atoms with Gasteiger partial charge in [0.1, 0.15) is 18.2 Å². The molecule has 2 aromatic carbocycles. The van der Waals surface area contributed by atoms with Gasteiger partial charge in [-0.15, -0.1) is 0 Å². The molecule has 0 radical (unpaired) electrons. The maximum absolute atomic E-state index is 14.5. The zero-order valence-corrected chi connectivity index (χ0v) is 43.8. The van der Waals surface area contributed by atoms with Gasteiger partial charge in [0, 0.05) is 99.6 Å². The van der Waals surface area contributed by atoms with Crippen LogP contribution >= 0.6 is 11.6 Å². The molecule has 4 saturated heterocycles. The van der Waals surface area contributed by atoms with E-state index in [0.717, 1.165) is 131 Å². The minimum absolute atomic E-state index is 0.0712. The van der Waals surface area contributed by atoms with Crippen LogP contribution in [0, 0.1) is 11.8 Å². The van der Waals surface area contributed by atoms with E-state index in [9.17, 15) is 24.3 Å². The van der Waals surface area contributed by atoms with Gasteiger partial charge in [-0.3, -0.25) is 19.2 Å².